The molecule has 0 saturated carbocycles. The number of para-hydroxylation sites is 1. The topological polar surface area (TPSA) is 61.8 Å². The molecule has 2 rings (SSSR count). The van der Waals surface area contributed by atoms with Crippen LogP contribution in [0.2, 0.25) is 0 Å². The molecule has 0 spiro atoms. The number of urea groups is 1. The van der Waals surface area contributed by atoms with Crippen LogP contribution in [-0.4, -0.2) is 36.3 Å². The molecule has 0 atom stereocenters. The maximum Gasteiger partial charge on any atom is 0.322 e. The number of anilines is 1. The minimum absolute atomic E-state index is 0.113. The lowest BCUT2D eigenvalue weighted by atomic mass is 10.2. The number of aliphatic hydroxyl groups excluding tert-OH is 1. The molecule has 0 aliphatic carbocycles. The molecule has 6 heteroatoms. The highest BCUT2D eigenvalue weighted by Gasteiger charge is 2.16. The van der Waals surface area contributed by atoms with Gasteiger partial charge in [0, 0.05) is 16.6 Å². The second kappa shape index (κ2) is 8.70. The van der Waals surface area contributed by atoms with Crippen molar-refractivity contribution in [2.75, 3.05) is 25.6 Å². The van der Waals surface area contributed by atoms with E-state index in [2.05, 4.69) is 21.2 Å². The van der Waals surface area contributed by atoms with Gasteiger partial charge in [-0.1, -0.05) is 24.3 Å². The second-order valence-electron chi connectivity index (χ2n) is 5.37. The van der Waals surface area contributed by atoms with Crippen LogP contribution in [-0.2, 0) is 6.54 Å². The van der Waals surface area contributed by atoms with Gasteiger partial charge >= 0.3 is 6.03 Å². The number of carbonyl (C=O) groups is 1. The third-order valence-corrected chi connectivity index (χ3v) is 4.23. The Morgan fingerprint density at radius 2 is 2.04 bits per heavy atom. The van der Waals surface area contributed by atoms with Crippen molar-refractivity contribution in [3.63, 3.8) is 0 Å². The molecule has 2 N–H and O–H groups in total. The molecule has 2 aromatic carbocycles. The maximum atomic E-state index is 12.6. The zero-order valence-corrected chi connectivity index (χ0v) is 15.3. The maximum absolute atomic E-state index is 12.6. The van der Waals surface area contributed by atoms with E-state index in [0.29, 0.717) is 18.0 Å². The number of methoxy groups -OCH3 is 1. The minimum atomic E-state index is -0.278. The van der Waals surface area contributed by atoms with Crippen molar-refractivity contribution in [1.82, 2.24) is 4.90 Å². The van der Waals surface area contributed by atoms with Gasteiger partial charge in [0.25, 0.3) is 0 Å². The Labute approximate surface area is 150 Å². The van der Waals surface area contributed by atoms with Crippen molar-refractivity contribution in [1.29, 1.82) is 0 Å². The standard InChI is InChI=1S/C18H21BrN2O3/c1-13-7-8-16(15(19)11-13)20-18(23)21(9-10-22)12-14-5-3-4-6-17(14)24-2/h3-8,11,22H,9-10,12H2,1-2H3,(H,20,23). The monoisotopic (exact) mass is 392 g/mol. The number of amides is 2. The number of nitrogens with one attached hydrogen (secondary N) is 1. The summed E-state index contributed by atoms with van der Waals surface area (Å²) in [7, 11) is 1.60. The quantitative estimate of drug-likeness (QED) is 0.785. The molecule has 0 aliphatic rings. The van der Waals surface area contributed by atoms with E-state index in [-0.39, 0.29) is 19.2 Å². The first-order chi connectivity index (χ1) is 11.5. The summed E-state index contributed by atoms with van der Waals surface area (Å²) < 4.78 is 6.14. The molecule has 0 radical (unpaired) electrons. The van der Waals surface area contributed by atoms with Gasteiger partial charge in [0.15, 0.2) is 0 Å². The molecule has 2 aromatic rings. The van der Waals surface area contributed by atoms with Crippen molar-refractivity contribution >= 4 is 27.6 Å². The highest BCUT2D eigenvalue weighted by molar-refractivity contribution is 9.10. The Kier molecular flexibility index (Phi) is 6.63. The average Bonchev–Trinajstić information content (AvgIpc) is 2.57. The molecule has 128 valence electrons. The van der Waals surface area contributed by atoms with E-state index in [1.165, 1.54) is 0 Å². The van der Waals surface area contributed by atoms with E-state index in [4.69, 9.17) is 4.74 Å². The lowest BCUT2D eigenvalue weighted by Crippen LogP contribution is -2.36. The zero-order valence-electron chi connectivity index (χ0n) is 13.8. The molecule has 0 unspecified atom stereocenters. The van der Waals surface area contributed by atoms with Crippen molar-refractivity contribution in [3.05, 3.63) is 58.1 Å². The van der Waals surface area contributed by atoms with Gasteiger partial charge in [0.1, 0.15) is 5.75 Å². The fourth-order valence-electron chi connectivity index (χ4n) is 2.33. The fourth-order valence-corrected chi connectivity index (χ4v) is 2.92. The number of hydrogen-bond acceptors (Lipinski definition) is 3. The summed E-state index contributed by atoms with van der Waals surface area (Å²) >= 11 is 3.45. The highest BCUT2D eigenvalue weighted by atomic mass is 79.9. The molecule has 0 aromatic heterocycles. The van der Waals surface area contributed by atoms with Crippen LogP contribution in [0.3, 0.4) is 0 Å². The van der Waals surface area contributed by atoms with Crippen LogP contribution in [0.5, 0.6) is 5.75 Å². The Morgan fingerprint density at radius 1 is 1.29 bits per heavy atom. The lowest BCUT2D eigenvalue weighted by Gasteiger charge is -2.23. The predicted molar refractivity (Wildman–Crippen MR) is 98.4 cm³/mol. The van der Waals surface area contributed by atoms with Crippen molar-refractivity contribution in [3.8, 4) is 5.75 Å². The summed E-state index contributed by atoms with van der Waals surface area (Å²) in [6.07, 6.45) is 0. The van der Waals surface area contributed by atoms with E-state index in [1.807, 2.05) is 49.4 Å². The molecule has 5 nitrogen and oxygen atoms in total. The first-order valence-corrected chi connectivity index (χ1v) is 8.39. The number of rotatable bonds is 6. The lowest BCUT2D eigenvalue weighted by molar-refractivity contribution is 0.184. The normalized spacial score (nSPS) is 10.3. The van der Waals surface area contributed by atoms with Crippen LogP contribution in [0, 0.1) is 6.92 Å². The van der Waals surface area contributed by atoms with Crippen molar-refractivity contribution in [2.45, 2.75) is 13.5 Å². The number of halogens is 1. The summed E-state index contributed by atoms with van der Waals surface area (Å²) in [5, 5.41) is 12.2. The van der Waals surface area contributed by atoms with Crippen molar-refractivity contribution in [2.24, 2.45) is 0 Å². The SMILES string of the molecule is COc1ccccc1CN(CCO)C(=O)Nc1ccc(C)cc1Br. The van der Waals surface area contributed by atoms with Crippen LogP contribution in [0.25, 0.3) is 0 Å². The molecule has 24 heavy (non-hydrogen) atoms. The number of ether oxygens (including phenoxy) is 1. The van der Waals surface area contributed by atoms with Gasteiger partial charge in [0.05, 0.1) is 25.9 Å². The number of nitrogens with zero attached hydrogens (tertiary/aromatic N) is 1. The third-order valence-electron chi connectivity index (χ3n) is 3.58. The van der Waals surface area contributed by atoms with E-state index in [0.717, 1.165) is 15.6 Å². The van der Waals surface area contributed by atoms with Crippen molar-refractivity contribution < 1.29 is 14.6 Å². The van der Waals surface area contributed by atoms with Crippen LogP contribution in [0.1, 0.15) is 11.1 Å². The summed E-state index contributed by atoms with van der Waals surface area (Å²) in [6, 6.07) is 12.9. The first-order valence-electron chi connectivity index (χ1n) is 7.60. The van der Waals surface area contributed by atoms with Gasteiger partial charge in [-0.15, -0.1) is 0 Å². The van der Waals surface area contributed by atoms with Gasteiger partial charge in [-0.2, -0.15) is 0 Å². The fraction of sp³-hybridized carbons (Fsp3) is 0.278. The summed E-state index contributed by atoms with van der Waals surface area (Å²) in [4.78, 5) is 14.1. The van der Waals surface area contributed by atoms with E-state index < -0.39 is 0 Å². The van der Waals surface area contributed by atoms with Crippen LogP contribution < -0.4 is 10.1 Å². The molecule has 2 amide bonds. The van der Waals surface area contributed by atoms with Gasteiger partial charge in [-0.25, -0.2) is 4.79 Å². The molecular formula is C18H21BrN2O3. The average molecular weight is 393 g/mol. The Morgan fingerprint density at radius 3 is 2.71 bits per heavy atom. The van der Waals surface area contributed by atoms with E-state index in [1.54, 1.807) is 12.0 Å². The molecular weight excluding hydrogens is 372 g/mol. The van der Waals surface area contributed by atoms with Crippen LogP contribution >= 0.6 is 15.9 Å². The largest absolute Gasteiger partial charge is 0.496 e. The van der Waals surface area contributed by atoms with E-state index in [9.17, 15) is 9.90 Å². The van der Waals surface area contributed by atoms with Crippen LogP contribution in [0.15, 0.2) is 46.9 Å². The summed E-state index contributed by atoms with van der Waals surface area (Å²) in [5.41, 5.74) is 2.67. The first kappa shape index (κ1) is 18.3. The number of hydrogen-bond donors (Lipinski definition) is 2. The predicted octanol–water partition coefficient (Wildman–Crippen LogP) is 3.79. The summed E-state index contributed by atoms with van der Waals surface area (Å²) in [6.45, 7) is 2.45. The molecule has 0 bridgehead atoms. The highest BCUT2D eigenvalue weighted by Crippen LogP contribution is 2.24. The zero-order chi connectivity index (χ0) is 17.5. The number of aliphatic hydroxyl groups is 1. The van der Waals surface area contributed by atoms with Crippen LogP contribution in [0.4, 0.5) is 10.5 Å². The van der Waals surface area contributed by atoms with Gasteiger partial charge in [0.2, 0.25) is 0 Å². The Balaban J connectivity index is 2.15. The Bertz CT molecular complexity index is 706. The second-order valence-corrected chi connectivity index (χ2v) is 6.22. The molecule has 0 fully saturated rings. The van der Waals surface area contributed by atoms with Gasteiger partial charge in [-0.05, 0) is 46.6 Å². The number of benzene rings is 2. The third kappa shape index (κ3) is 4.72. The molecule has 0 aliphatic heterocycles. The van der Waals surface area contributed by atoms with Gasteiger partial charge in [-0.3, -0.25) is 0 Å². The van der Waals surface area contributed by atoms with Gasteiger partial charge < -0.3 is 20.1 Å². The van der Waals surface area contributed by atoms with E-state index >= 15 is 0 Å². The number of aryl methyl sites for hydroxylation is 1. The Hall–Kier alpha value is -2.05. The summed E-state index contributed by atoms with van der Waals surface area (Å²) in [5.74, 6) is 0.713. The minimum Gasteiger partial charge on any atom is -0.496 e. The molecule has 0 saturated heterocycles. The molecule has 0 heterocycles. The smallest absolute Gasteiger partial charge is 0.322 e. The number of carbonyl (C=O) groups excluding carboxylic acids is 1.